The minimum absolute atomic E-state index is 0.215. The number of oxime groups is 1. The summed E-state index contributed by atoms with van der Waals surface area (Å²) in [4.78, 5) is 13.3. The van der Waals surface area contributed by atoms with Crippen molar-refractivity contribution in [1.82, 2.24) is 10.2 Å². The van der Waals surface area contributed by atoms with Crippen LogP contribution in [0.15, 0.2) is 5.16 Å². The van der Waals surface area contributed by atoms with Crippen LogP contribution in [0.1, 0.15) is 32.6 Å². The van der Waals surface area contributed by atoms with Crippen LogP contribution in [0.5, 0.6) is 0 Å². The molecule has 0 saturated carbocycles. The molecular weight excluding hydrogens is 248 g/mol. The van der Waals surface area contributed by atoms with Crippen molar-refractivity contribution >= 4 is 11.9 Å². The Balaban J connectivity index is 2.11. The van der Waals surface area contributed by atoms with Crippen LogP contribution in [0, 0.1) is 0 Å². The lowest BCUT2D eigenvalue weighted by Gasteiger charge is -2.31. The number of amides is 1. The molecule has 1 aliphatic heterocycles. The van der Waals surface area contributed by atoms with Crippen molar-refractivity contribution in [2.24, 2.45) is 10.9 Å². The topological polar surface area (TPSA) is 100 Å². The molecule has 0 spiro atoms. The molecule has 1 rings (SSSR count). The van der Waals surface area contributed by atoms with Gasteiger partial charge >= 0.3 is 6.09 Å². The lowest BCUT2D eigenvalue weighted by molar-refractivity contribution is 0.0951. The molecule has 1 fully saturated rings. The Morgan fingerprint density at radius 2 is 2.21 bits per heavy atom. The molecule has 0 aliphatic carbocycles. The molecule has 0 aromatic heterocycles. The molecule has 0 unspecified atom stereocenters. The maximum Gasteiger partial charge on any atom is 0.409 e. The van der Waals surface area contributed by atoms with Crippen LogP contribution in [-0.2, 0) is 4.74 Å². The second-order valence-electron chi connectivity index (χ2n) is 4.61. The second-order valence-corrected chi connectivity index (χ2v) is 4.61. The third-order valence-corrected chi connectivity index (χ3v) is 3.19. The number of amidine groups is 1. The molecule has 0 radical (unpaired) electrons. The number of piperidine rings is 1. The van der Waals surface area contributed by atoms with Gasteiger partial charge in [0.25, 0.3) is 0 Å². The second kappa shape index (κ2) is 8.58. The van der Waals surface area contributed by atoms with Gasteiger partial charge in [-0.3, -0.25) is 0 Å². The van der Waals surface area contributed by atoms with Gasteiger partial charge in [0.2, 0.25) is 0 Å². The van der Waals surface area contributed by atoms with Crippen molar-refractivity contribution in [1.29, 1.82) is 0 Å². The highest BCUT2D eigenvalue weighted by Crippen LogP contribution is 2.11. The van der Waals surface area contributed by atoms with E-state index in [-0.39, 0.29) is 11.9 Å². The maximum absolute atomic E-state index is 11.5. The molecule has 0 aromatic rings. The first kappa shape index (κ1) is 15.6. The van der Waals surface area contributed by atoms with Crippen LogP contribution < -0.4 is 11.1 Å². The minimum atomic E-state index is -0.215. The first-order valence-electron chi connectivity index (χ1n) is 6.78. The molecular formula is C12H24N4O3. The highest BCUT2D eigenvalue weighted by atomic mass is 16.6. The van der Waals surface area contributed by atoms with Crippen LogP contribution in [0.2, 0.25) is 0 Å². The molecule has 0 atom stereocenters. The number of likely N-dealkylation sites (tertiary alicyclic amines) is 1. The van der Waals surface area contributed by atoms with Crippen molar-refractivity contribution in [3.05, 3.63) is 0 Å². The van der Waals surface area contributed by atoms with E-state index in [4.69, 9.17) is 15.7 Å². The van der Waals surface area contributed by atoms with Crippen molar-refractivity contribution < 1.29 is 14.7 Å². The van der Waals surface area contributed by atoms with Gasteiger partial charge in [0.1, 0.15) is 5.84 Å². The minimum Gasteiger partial charge on any atom is -0.450 e. The molecule has 7 nitrogen and oxygen atoms in total. The van der Waals surface area contributed by atoms with E-state index >= 15 is 0 Å². The summed E-state index contributed by atoms with van der Waals surface area (Å²) in [5.74, 6) is 0.263. The zero-order valence-corrected chi connectivity index (χ0v) is 11.5. The van der Waals surface area contributed by atoms with Crippen molar-refractivity contribution in [2.75, 3.05) is 26.2 Å². The molecule has 110 valence electrons. The van der Waals surface area contributed by atoms with E-state index in [1.54, 1.807) is 4.90 Å². The third-order valence-electron chi connectivity index (χ3n) is 3.19. The molecule has 1 saturated heterocycles. The van der Waals surface area contributed by atoms with Crippen LogP contribution in [0.3, 0.4) is 0 Å². The molecule has 0 aromatic carbocycles. The van der Waals surface area contributed by atoms with Crippen molar-refractivity contribution in [2.45, 2.75) is 38.6 Å². The molecule has 0 bridgehead atoms. The number of hydrogen-bond acceptors (Lipinski definition) is 5. The summed E-state index contributed by atoms with van der Waals surface area (Å²) >= 11 is 0. The van der Waals surface area contributed by atoms with Gasteiger partial charge < -0.3 is 25.9 Å². The third kappa shape index (κ3) is 5.78. The van der Waals surface area contributed by atoms with Gasteiger partial charge in [-0.15, -0.1) is 0 Å². The fourth-order valence-corrected chi connectivity index (χ4v) is 2.11. The zero-order chi connectivity index (χ0) is 14.1. The smallest absolute Gasteiger partial charge is 0.409 e. The zero-order valence-electron chi connectivity index (χ0n) is 11.5. The summed E-state index contributed by atoms with van der Waals surface area (Å²) in [6, 6.07) is 0.429. The van der Waals surface area contributed by atoms with Crippen molar-refractivity contribution in [3.63, 3.8) is 0 Å². The normalized spacial score (nSPS) is 17.5. The average Bonchev–Trinajstić information content (AvgIpc) is 2.44. The quantitative estimate of drug-likeness (QED) is 0.217. The van der Waals surface area contributed by atoms with Crippen LogP contribution in [0.25, 0.3) is 0 Å². The molecule has 1 aliphatic rings. The van der Waals surface area contributed by atoms with Gasteiger partial charge in [-0.05, 0) is 32.7 Å². The lowest BCUT2D eigenvalue weighted by atomic mass is 10.1. The average molecular weight is 272 g/mol. The lowest BCUT2D eigenvalue weighted by Crippen LogP contribution is -2.45. The standard InChI is InChI=1S/C12H24N4O3/c1-2-19-12(17)16-8-5-10(6-9-16)14-7-3-4-11(13)15-18/h10,14,18H,2-9H2,1H3,(H2,13,15). The van der Waals surface area contributed by atoms with Gasteiger partial charge in [0.15, 0.2) is 0 Å². The molecule has 1 amide bonds. The number of ether oxygens (including phenoxy) is 1. The number of carbonyl (C=O) groups is 1. The Labute approximate surface area is 113 Å². The molecule has 4 N–H and O–H groups in total. The van der Waals surface area contributed by atoms with Gasteiger partial charge in [-0.2, -0.15) is 0 Å². The number of rotatable bonds is 6. The van der Waals surface area contributed by atoms with Crippen molar-refractivity contribution in [3.8, 4) is 0 Å². The number of nitrogens with zero attached hydrogens (tertiary/aromatic N) is 2. The summed E-state index contributed by atoms with van der Waals surface area (Å²) < 4.78 is 4.97. The summed E-state index contributed by atoms with van der Waals surface area (Å²) in [5.41, 5.74) is 5.39. The Bertz CT molecular complexity index is 301. The SMILES string of the molecule is CCOC(=O)N1CCC(NCCCC(N)=NO)CC1. The van der Waals surface area contributed by atoms with Gasteiger partial charge in [0, 0.05) is 25.6 Å². The molecule has 1 heterocycles. The maximum atomic E-state index is 11.5. The van der Waals surface area contributed by atoms with Gasteiger partial charge in [-0.1, -0.05) is 5.16 Å². The predicted octanol–water partition coefficient (Wildman–Crippen LogP) is 0.724. The number of nitrogens with two attached hydrogens (primary N) is 1. The fraction of sp³-hybridized carbons (Fsp3) is 0.833. The fourth-order valence-electron chi connectivity index (χ4n) is 2.11. The van der Waals surface area contributed by atoms with E-state index in [9.17, 15) is 4.79 Å². The monoisotopic (exact) mass is 272 g/mol. The van der Waals surface area contributed by atoms with Crippen LogP contribution >= 0.6 is 0 Å². The highest BCUT2D eigenvalue weighted by Gasteiger charge is 2.22. The molecule has 7 heteroatoms. The van der Waals surface area contributed by atoms with E-state index in [2.05, 4.69) is 10.5 Å². The number of nitrogens with one attached hydrogen (secondary N) is 1. The summed E-state index contributed by atoms with van der Waals surface area (Å²) in [7, 11) is 0. The molecule has 19 heavy (non-hydrogen) atoms. The number of carbonyl (C=O) groups excluding carboxylic acids is 1. The highest BCUT2D eigenvalue weighted by molar-refractivity contribution is 5.79. The summed E-state index contributed by atoms with van der Waals surface area (Å²) in [6.07, 6.45) is 3.08. The Morgan fingerprint density at radius 1 is 1.53 bits per heavy atom. The van der Waals surface area contributed by atoms with E-state index < -0.39 is 0 Å². The van der Waals surface area contributed by atoms with Crippen LogP contribution in [0.4, 0.5) is 4.79 Å². The van der Waals surface area contributed by atoms with E-state index in [1.165, 1.54) is 0 Å². The number of hydrogen-bond donors (Lipinski definition) is 3. The largest absolute Gasteiger partial charge is 0.450 e. The summed E-state index contributed by atoms with van der Waals surface area (Å²) in [6.45, 7) is 4.53. The van der Waals surface area contributed by atoms with E-state index in [0.29, 0.717) is 19.1 Å². The Hall–Kier alpha value is -1.50. The predicted molar refractivity (Wildman–Crippen MR) is 72.3 cm³/mol. The van der Waals surface area contributed by atoms with E-state index in [0.717, 1.165) is 38.9 Å². The van der Waals surface area contributed by atoms with Crippen LogP contribution in [-0.4, -0.2) is 54.3 Å². The van der Waals surface area contributed by atoms with Gasteiger partial charge in [-0.25, -0.2) is 4.79 Å². The first-order chi connectivity index (χ1) is 9.17. The van der Waals surface area contributed by atoms with E-state index in [1.807, 2.05) is 6.92 Å². The Kier molecular flexibility index (Phi) is 7.02. The first-order valence-corrected chi connectivity index (χ1v) is 6.78. The summed E-state index contributed by atoms with van der Waals surface area (Å²) in [5, 5.41) is 14.8. The Morgan fingerprint density at radius 3 is 2.79 bits per heavy atom. The van der Waals surface area contributed by atoms with Gasteiger partial charge in [0.05, 0.1) is 6.61 Å².